The molecule has 0 nitrogen and oxygen atoms in total. The van der Waals surface area contributed by atoms with Crippen LogP contribution in [0.5, 0.6) is 0 Å². The summed E-state index contributed by atoms with van der Waals surface area (Å²) in [4.78, 5) is 1.07. The van der Waals surface area contributed by atoms with Gasteiger partial charge in [-0.25, -0.2) is 0 Å². The Bertz CT molecular complexity index is 64.6. The summed E-state index contributed by atoms with van der Waals surface area (Å²) in [6.45, 7) is 7.85. The maximum atomic E-state index is 4.92. The molecule has 0 fully saturated rings. The molecule has 0 aromatic carbocycles. The van der Waals surface area contributed by atoms with Gasteiger partial charge in [-0.1, -0.05) is 26.1 Å². The first-order chi connectivity index (χ1) is 3.18. The van der Waals surface area contributed by atoms with Crippen molar-refractivity contribution in [2.45, 2.75) is 20.3 Å². The minimum absolute atomic E-state index is 0.535. The molecule has 0 saturated heterocycles. The Morgan fingerprint density at radius 2 is 2.14 bits per heavy atom. The summed E-state index contributed by atoms with van der Waals surface area (Å²) in [6, 6.07) is 0. The first kappa shape index (κ1) is 7.09. The fourth-order valence-electron chi connectivity index (χ4n) is 0.289. The molecule has 0 heterocycles. The first-order valence-corrected chi connectivity index (χ1v) is 2.91. The topological polar surface area (TPSA) is 0 Å². The number of thiocarbonyl (C=S) groups is 1. The van der Waals surface area contributed by atoms with Crippen molar-refractivity contribution in [3.63, 3.8) is 0 Å². The lowest BCUT2D eigenvalue weighted by Crippen LogP contribution is -2.00. The Labute approximate surface area is 50.9 Å². The van der Waals surface area contributed by atoms with E-state index in [1.807, 2.05) is 0 Å². The summed E-state index contributed by atoms with van der Waals surface area (Å²) in [5.74, 6) is 0.535. The average molecular weight is 115 g/mol. The molecule has 7 heavy (non-hydrogen) atoms. The molecule has 0 spiro atoms. The third kappa shape index (κ3) is 2.75. The Morgan fingerprint density at radius 1 is 1.71 bits per heavy atom. The van der Waals surface area contributed by atoms with E-state index in [0.29, 0.717) is 5.92 Å². The van der Waals surface area contributed by atoms with E-state index >= 15 is 0 Å². The summed E-state index contributed by atoms with van der Waals surface area (Å²) >= 11 is 4.92. The molecule has 0 atom stereocenters. The van der Waals surface area contributed by atoms with Crippen LogP contribution < -0.4 is 0 Å². The molecule has 0 aromatic rings. The minimum atomic E-state index is 0.535. The van der Waals surface area contributed by atoms with Crippen molar-refractivity contribution in [1.82, 2.24) is 0 Å². The van der Waals surface area contributed by atoms with Crippen molar-refractivity contribution < 1.29 is 0 Å². The van der Waals surface area contributed by atoms with Crippen LogP contribution in [0.3, 0.4) is 0 Å². The quantitative estimate of drug-likeness (QED) is 0.497. The predicted molar refractivity (Wildman–Crippen MR) is 37.4 cm³/mol. The maximum Gasteiger partial charge on any atom is -0.00461 e. The van der Waals surface area contributed by atoms with E-state index < -0.39 is 0 Å². The lowest BCUT2D eigenvalue weighted by Gasteiger charge is -2.00. The molecular weight excluding hydrogens is 104 g/mol. The molecule has 0 saturated carbocycles. The third-order valence-electron chi connectivity index (χ3n) is 0.890. The summed E-state index contributed by atoms with van der Waals surface area (Å²) in [5, 5.41) is 0. The molecule has 0 rings (SSSR count). The van der Waals surface area contributed by atoms with Crippen LogP contribution in [0.25, 0.3) is 0 Å². The van der Waals surface area contributed by atoms with Crippen LogP contribution >= 0.6 is 12.2 Å². The highest BCUT2D eigenvalue weighted by atomic mass is 32.1. The van der Waals surface area contributed by atoms with Gasteiger partial charge in [0, 0.05) is 0 Å². The van der Waals surface area contributed by atoms with E-state index in [1.165, 1.54) is 0 Å². The lowest BCUT2D eigenvalue weighted by atomic mass is 10.1. The second-order valence-corrected chi connectivity index (χ2v) is 2.40. The van der Waals surface area contributed by atoms with Gasteiger partial charge < -0.3 is 0 Å². The summed E-state index contributed by atoms with van der Waals surface area (Å²) in [5.41, 5.74) is 0. The van der Waals surface area contributed by atoms with Crippen LogP contribution in [-0.4, -0.2) is 4.86 Å². The van der Waals surface area contributed by atoms with Gasteiger partial charge in [0.1, 0.15) is 0 Å². The number of hydrogen-bond donors (Lipinski definition) is 0. The molecule has 0 amide bonds. The van der Waals surface area contributed by atoms with Crippen molar-refractivity contribution in [3.8, 4) is 0 Å². The summed E-state index contributed by atoms with van der Waals surface area (Å²) in [7, 11) is 0. The first-order valence-electron chi connectivity index (χ1n) is 2.50. The van der Waals surface area contributed by atoms with Gasteiger partial charge in [0.05, 0.1) is 0 Å². The van der Waals surface area contributed by atoms with Gasteiger partial charge in [-0.2, -0.15) is 0 Å². The number of hydrogen-bond acceptors (Lipinski definition) is 1. The molecular formula is C6H11S. The van der Waals surface area contributed by atoms with Crippen LogP contribution in [0.1, 0.15) is 20.3 Å². The summed E-state index contributed by atoms with van der Waals surface area (Å²) in [6.07, 6.45) is 0.799. The van der Waals surface area contributed by atoms with Gasteiger partial charge in [0.15, 0.2) is 0 Å². The molecule has 1 heteroatoms. The highest BCUT2D eigenvalue weighted by Gasteiger charge is 1.95. The Morgan fingerprint density at radius 3 is 2.14 bits per heavy atom. The van der Waals surface area contributed by atoms with E-state index in [4.69, 9.17) is 12.2 Å². The molecule has 0 N–H and O–H groups in total. The van der Waals surface area contributed by atoms with Crippen molar-refractivity contribution in [1.29, 1.82) is 0 Å². The van der Waals surface area contributed by atoms with Gasteiger partial charge >= 0.3 is 0 Å². The molecule has 0 aliphatic heterocycles. The molecule has 0 aliphatic rings. The van der Waals surface area contributed by atoms with Crippen LogP contribution in [0.4, 0.5) is 0 Å². The van der Waals surface area contributed by atoms with Crippen molar-refractivity contribution in [3.05, 3.63) is 6.92 Å². The summed E-state index contributed by atoms with van der Waals surface area (Å²) < 4.78 is 0. The monoisotopic (exact) mass is 115 g/mol. The van der Waals surface area contributed by atoms with Crippen molar-refractivity contribution in [2.24, 2.45) is 5.92 Å². The fraction of sp³-hybridized carbons (Fsp3) is 0.667. The van der Waals surface area contributed by atoms with Gasteiger partial charge in [-0.05, 0) is 24.1 Å². The van der Waals surface area contributed by atoms with Gasteiger partial charge in [-0.3, -0.25) is 0 Å². The zero-order valence-corrected chi connectivity index (χ0v) is 5.72. The Balaban J connectivity index is 3.35. The Kier molecular flexibility index (Phi) is 3.18. The van der Waals surface area contributed by atoms with E-state index in [0.717, 1.165) is 11.3 Å². The van der Waals surface area contributed by atoms with E-state index in [9.17, 15) is 0 Å². The van der Waals surface area contributed by atoms with Gasteiger partial charge in [0.25, 0.3) is 0 Å². The predicted octanol–water partition coefficient (Wildman–Crippen LogP) is 2.24. The SMILES string of the molecule is [CH2]CC(=S)C(C)C. The lowest BCUT2D eigenvalue weighted by molar-refractivity contribution is 0.886. The second kappa shape index (κ2) is 3.14. The highest BCUT2D eigenvalue weighted by Crippen LogP contribution is 1.98. The van der Waals surface area contributed by atoms with Gasteiger partial charge in [-0.15, -0.1) is 0 Å². The highest BCUT2D eigenvalue weighted by molar-refractivity contribution is 7.80. The van der Waals surface area contributed by atoms with Crippen molar-refractivity contribution >= 4 is 17.1 Å². The minimum Gasteiger partial charge on any atom is -0.0894 e. The fourth-order valence-corrected chi connectivity index (χ4v) is 0.289. The smallest absolute Gasteiger partial charge is 0.00461 e. The van der Waals surface area contributed by atoms with Crippen molar-refractivity contribution in [2.75, 3.05) is 0 Å². The van der Waals surface area contributed by atoms with E-state index in [2.05, 4.69) is 20.8 Å². The normalized spacial score (nSPS) is 9.71. The van der Waals surface area contributed by atoms with Crippen LogP contribution in [0.2, 0.25) is 0 Å². The molecule has 0 aromatic heterocycles. The molecule has 41 valence electrons. The maximum absolute atomic E-state index is 4.92. The van der Waals surface area contributed by atoms with Crippen LogP contribution in [0, 0.1) is 12.8 Å². The van der Waals surface area contributed by atoms with E-state index in [1.54, 1.807) is 0 Å². The third-order valence-corrected chi connectivity index (χ3v) is 1.57. The van der Waals surface area contributed by atoms with Gasteiger partial charge in [0.2, 0.25) is 0 Å². The zero-order valence-electron chi connectivity index (χ0n) is 4.90. The standard InChI is InChI=1S/C6H11S/c1-4-6(7)5(2)3/h5H,1,4H2,2-3H3. The average Bonchev–Trinajstić information content (AvgIpc) is 1.65. The van der Waals surface area contributed by atoms with E-state index in [-0.39, 0.29) is 0 Å². The molecule has 0 bridgehead atoms. The number of rotatable bonds is 2. The molecule has 0 unspecified atom stereocenters. The zero-order chi connectivity index (χ0) is 5.86. The van der Waals surface area contributed by atoms with Crippen LogP contribution in [-0.2, 0) is 0 Å². The Hall–Kier alpha value is 0.0900. The molecule has 1 radical (unpaired) electrons. The largest absolute Gasteiger partial charge is 0.0894 e. The molecule has 0 aliphatic carbocycles. The van der Waals surface area contributed by atoms with Crippen LogP contribution in [0.15, 0.2) is 0 Å². The second-order valence-electron chi connectivity index (χ2n) is 1.87.